The van der Waals surface area contributed by atoms with Gasteiger partial charge in [-0.15, -0.1) is 0 Å². The molecule has 1 amide bonds. The fourth-order valence-corrected chi connectivity index (χ4v) is 3.24. The third kappa shape index (κ3) is 3.30. The van der Waals surface area contributed by atoms with Crippen molar-refractivity contribution in [2.45, 2.75) is 43.6 Å². The van der Waals surface area contributed by atoms with Crippen LogP contribution in [0.15, 0.2) is 12.7 Å². The molecule has 140 valence electrons. The van der Waals surface area contributed by atoms with Crippen LogP contribution in [-0.4, -0.2) is 72.0 Å². The van der Waals surface area contributed by atoms with Gasteiger partial charge in [0.15, 0.2) is 11.5 Å². The minimum absolute atomic E-state index is 0.189. The fourth-order valence-electron chi connectivity index (χ4n) is 3.24. The summed E-state index contributed by atoms with van der Waals surface area (Å²) in [4.78, 5) is 34.8. The van der Waals surface area contributed by atoms with E-state index in [0.717, 1.165) is 0 Å². The normalized spacial score (nSPS) is 25.3. The molecule has 0 aliphatic heterocycles. The highest BCUT2D eigenvalue weighted by molar-refractivity contribution is 5.83. The summed E-state index contributed by atoms with van der Waals surface area (Å²) >= 11 is 0. The summed E-state index contributed by atoms with van der Waals surface area (Å²) in [5.41, 5.74) is 1.03. The summed E-state index contributed by atoms with van der Waals surface area (Å²) < 4.78 is 1.68. The van der Waals surface area contributed by atoms with Gasteiger partial charge in [0.1, 0.15) is 24.1 Å². The van der Waals surface area contributed by atoms with Gasteiger partial charge in [0.25, 0.3) is 0 Å². The van der Waals surface area contributed by atoms with Gasteiger partial charge in [-0.05, 0) is 6.42 Å². The van der Waals surface area contributed by atoms with Crippen LogP contribution in [0.5, 0.6) is 0 Å². The zero-order valence-corrected chi connectivity index (χ0v) is 14.0. The Kier molecular flexibility index (Phi) is 5.00. The molecular formula is C15H20N6O5. The fraction of sp³-hybridized carbons (Fsp3) is 0.533. The van der Waals surface area contributed by atoms with Crippen molar-refractivity contribution in [2.24, 2.45) is 0 Å². The van der Waals surface area contributed by atoms with Gasteiger partial charge in [-0.1, -0.05) is 0 Å². The number of aliphatic hydroxyl groups excluding tert-OH is 2. The lowest BCUT2D eigenvalue weighted by Crippen LogP contribution is -2.43. The quantitative estimate of drug-likeness (QED) is 0.427. The predicted octanol–water partition coefficient (Wildman–Crippen LogP) is -1.12. The van der Waals surface area contributed by atoms with Crippen LogP contribution in [0.25, 0.3) is 11.2 Å². The van der Waals surface area contributed by atoms with Gasteiger partial charge in [0.05, 0.1) is 24.8 Å². The maximum absolute atomic E-state index is 11.8. The Bertz CT molecular complexity index is 824. The van der Waals surface area contributed by atoms with Crippen molar-refractivity contribution in [3.05, 3.63) is 12.7 Å². The van der Waals surface area contributed by atoms with Crippen molar-refractivity contribution < 1.29 is 24.9 Å². The first kappa shape index (κ1) is 18.0. The largest absolute Gasteiger partial charge is 0.481 e. The van der Waals surface area contributed by atoms with Gasteiger partial charge in [-0.3, -0.25) is 9.59 Å². The molecule has 2 aromatic heterocycles. The number of carbonyl (C=O) groups excluding carboxylic acids is 1. The average Bonchev–Trinajstić information content (AvgIpc) is 3.16. The molecule has 5 N–H and O–H groups in total. The van der Waals surface area contributed by atoms with Gasteiger partial charge < -0.3 is 30.5 Å². The molecule has 1 saturated carbocycles. The van der Waals surface area contributed by atoms with E-state index < -0.39 is 36.2 Å². The van der Waals surface area contributed by atoms with Crippen LogP contribution in [0.2, 0.25) is 0 Å². The van der Waals surface area contributed by atoms with Crippen molar-refractivity contribution in [1.29, 1.82) is 0 Å². The van der Waals surface area contributed by atoms with Crippen LogP contribution in [-0.2, 0) is 9.59 Å². The van der Waals surface area contributed by atoms with Gasteiger partial charge in [-0.2, -0.15) is 0 Å². The van der Waals surface area contributed by atoms with Crippen LogP contribution in [0, 0.1) is 0 Å². The highest BCUT2D eigenvalue weighted by Gasteiger charge is 2.43. The van der Waals surface area contributed by atoms with Crippen molar-refractivity contribution >= 4 is 28.9 Å². The number of nitrogens with zero attached hydrogens (tertiary/aromatic N) is 4. The Morgan fingerprint density at radius 1 is 1.23 bits per heavy atom. The number of aliphatic hydroxyl groups is 2. The van der Waals surface area contributed by atoms with E-state index in [1.165, 1.54) is 12.7 Å². The number of fused-ring (bicyclic) bond motifs is 1. The van der Waals surface area contributed by atoms with Crippen LogP contribution in [0.4, 0.5) is 5.82 Å². The minimum atomic E-state index is -1.19. The number of carboxylic acids is 1. The van der Waals surface area contributed by atoms with E-state index in [2.05, 4.69) is 25.6 Å². The lowest BCUT2D eigenvalue weighted by atomic mass is 10.2. The van der Waals surface area contributed by atoms with E-state index in [1.807, 2.05) is 0 Å². The van der Waals surface area contributed by atoms with Crippen molar-refractivity contribution in [3.63, 3.8) is 0 Å². The van der Waals surface area contributed by atoms with E-state index in [-0.39, 0.29) is 19.3 Å². The number of nitrogens with one attached hydrogen (secondary N) is 2. The number of carbonyl (C=O) groups is 2. The summed E-state index contributed by atoms with van der Waals surface area (Å²) in [6, 6.07) is -1.24. The molecule has 11 heteroatoms. The first-order chi connectivity index (χ1) is 12.4. The Hall–Kier alpha value is -2.79. The number of aromatic nitrogens is 4. The lowest BCUT2D eigenvalue weighted by Gasteiger charge is -2.19. The van der Waals surface area contributed by atoms with Gasteiger partial charge in [-0.25, -0.2) is 15.0 Å². The third-order valence-electron chi connectivity index (χ3n) is 4.52. The molecule has 1 aliphatic carbocycles. The van der Waals surface area contributed by atoms with E-state index in [9.17, 15) is 19.8 Å². The Labute approximate surface area is 148 Å². The molecular weight excluding hydrogens is 344 g/mol. The third-order valence-corrected chi connectivity index (χ3v) is 4.52. The number of amides is 1. The second-order valence-corrected chi connectivity index (χ2v) is 6.15. The number of imidazole rings is 1. The number of carboxylic acid groups (broad SMARTS) is 1. The van der Waals surface area contributed by atoms with Gasteiger partial charge in [0, 0.05) is 13.5 Å². The summed E-state index contributed by atoms with van der Waals surface area (Å²) in [6.07, 6.45) is 0.327. The topological polar surface area (TPSA) is 162 Å². The maximum Gasteiger partial charge on any atom is 0.303 e. The predicted molar refractivity (Wildman–Crippen MR) is 89.3 cm³/mol. The standard InChI is InChI=1S/C15H20N6O5/c1-16-14-11-15(18-5-17-14)19-6-21(11)8-4-7(12(25)13(8)26)20-9(22)2-3-10(23)24/h5-8,12-13,25-26H,2-4H2,1H3,(H,20,22)(H,23,24)(H,16,17,18)/t7-,8+,12-,13+/m1/s1. The monoisotopic (exact) mass is 364 g/mol. The van der Waals surface area contributed by atoms with Crippen LogP contribution >= 0.6 is 0 Å². The average molecular weight is 364 g/mol. The van der Waals surface area contributed by atoms with Crippen molar-refractivity contribution in [2.75, 3.05) is 12.4 Å². The molecule has 0 radical (unpaired) electrons. The minimum Gasteiger partial charge on any atom is -0.481 e. The summed E-state index contributed by atoms with van der Waals surface area (Å²) in [5, 5.41) is 34.9. The Morgan fingerprint density at radius 2 is 2.00 bits per heavy atom. The molecule has 0 aromatic carbocycles. The molecule has 1 fully saturated rings. The highest BCUT2D eigenvalue weighted by atomic mass is 16.4. The van der Waals surface area contributed by atoms with E-state index >= 15 is 0 Å². The van der Waals surface area contributed by atoms with Crippen LogP contribution in [0.3, 0.4) is 0 Å². The number of anilines is 1. The molecule has 26 heavy (non-hydrogen) atoms. The lowest BCUT2D eigenvalue weighted by molar-refractivity contribution is -0.139. The molecule has 2 heterocycles. The van der Waals surface area contributed by atoms with Crippen molar-refractivity contribution in [1.82, 2.24) is 24.8 Å². The molecule has 0 bridgehead atoms. The molecule has 11 nitrogen and oxygen atoms in total. The first-order valence-corrected chi connectivity index (χ1v) is 8.15. The van der Waals surface area contributed by atoms with Crippen molar-refractivity contribution in [3.8, 4) is 0 Å². The molecule has 1 aliphatic rings. The van der Waals surface area contributed by atoms with Crippen LogP contribution < -0.4 is 10.6 Å². The molecule has 0 spiro atoms. The summed E-state index contributed by atoms with van der Waals surface area (Å²) in [6.45, 7) is 0. The summed E-state index contributed by atoms with van der Waals surface area (Å²) in [7, 11) is 1.70. The first-order valence-electron chi connectivity index (χ1n) is 8.15. The smallest absolute Gasteiger partial charge is 0.303 e. The zero-order valence-electron chi connectivity index (χ0n) is 14.0. The molecule has 0 unspecified atom stereocenters. The zero-order chi connectivity index (χ0) is 18.8. The van der Waals surface area contributed by atoms with Gasteiger partial charge in [0.2, 0.25) is 5.91 Å². The number of rotatable bonds is 6. The Balaban J connectivity index is 1.80. The molecule has 3 rings (SSSR count). The number of hydrogen-bond acceptors (Lipinski definition) is 8. The van der Waals surface area contributed by atoms with E-state index in [1.54, 1.807) is 11.6 Å². The highest BCUT2D eigenvalue weighted by Crippen LogP contribution is 2.34. The molecule has 0 saturated heterocycles. The van der Waals surface area contributed by atoms with E-state index in [0.29, 0.717) is 17.0 Å². The number of aliphatic carboxylic acids is 1. The van der Waals surface area contributed by atoms with E-state index in [4.69, 9.17) is 5.11 Å². The second kappa shape index (κ2) is 7.22. The Morgan fingerprint density at radius 3 is 2.69 bits per heavy atom. The maximum atomic E-state index is 11.8. The summed E-state index contributed by atoms with van der Waals surface area (Å²) in [5.74, 6) is -1.03. The van der Waals surface area contributed by atoms with Crippen LogP contribution in [0.1, 0.15) is 25.3 Å². The SMILES string of the molecule is CNc1ncnc2ncn([C@H]3C[C@@H](NC(=O)CCC(=O)O)[C@@H](O)[C@H]3O)c12. The number of hydrogen-bond donors (Lipinski definition) is 5. The van der Waals surface area contributed by atoms with Gasteiger partial charge >= 0.3 is 5.97 Å². The molecule has 4 atom stereocenters. The second-order valence-electron chi connectivity index (χ2n) is 6.15. The molecule has 2 aromatic rings.